The van der Waals surface area contributed by atoms with E-state index in [1.807, 2.05) is 6.07 Å². The number of halogens is 4. The van der Waals surface area contributed by atoms with Gasteiger partial charge in [-0.05, 0) is 35.9 Å². The molecule has 1 aromatic heterocycles. The summed E-state index contributed by atoms with van der Waals surface area (Å²) in [6, 6.07) is 14.3. The molecular formula is C21H14ClF3N4O2. The van der Waals surface area contributed by atoms with Gasteiger partial charge in [0.1, 0.15) is 17.4 Å². The summed E-state index contributed by atoms with van der Waals surface area (Å²) in [7, 11) is 1.47. The topological polar surface area (TPSA) is 86.1 Å². The highest BCUT2D eigenvalue weighted by atomic mass is 35.5. The molecule has 4 rings (SSSR count). The van der Waals surface area contributed by atoms with E-state index < -0.39 is 17.8 Å². The van der Waals surface area contributed by atoms with Gasteiger partial charge in [0, 0.05) is 5.02 Å². The molecule has 1 aliphatic rings. The first-order chi connectivity index (χ1) is 14.7. The third-order valence-corrected chi connectivity index (χ3v) is 5.05. The van der Waals surface area contributed by atoms with E-state index in [0.717, 1.165) is 4.68 Å². The number of allylic oxidation sites excluding steroid dienone is 1. The molecule has 3 aromatic rings. The van der Waals surface area contributed by atoms with Gasteiger partial charge in [0.15, 0.2) is 5.69 Å². The van der Waals surface area contributed by atoms with Gasteiger partial charge in [-0.2, -0.15) is 28.2 Å². The largest absolute Gasteiger partial charge is 0.497 e. The molecule has 1 unspecified atom stereocenters. The lowest BCUT2D eigenvalue weighted by molar-refractivity contribution is -0.142. The fourth-order valence-corrected chi connectivity index (χ4v) is 3.64. The minimum absolute atomic E-state index is 0.145. The van der Waals surface area contributed by atoms with Gasteiger partial charge < -0.3 is 15.2 Å². The Bertz CT molecular complexity index is 1230. The predicted octanol–water partition coefficient (Wildman–Crippen LogP) is 4.77. The van der Waals surface area contributed by atoms with Crippen LogP contribution in [0.25, 0.3) is 5.69 Å². The Morgan fingerprint density at radius 2 is 1.94 bits per heavy atom. The summed E-state index contributed by atoms with van der Waals surface area (Å²) in [5.74, 6) is -1.15. The van der Waals surface area contributed by atoms with E-state index in [0.29, 0.717) is 16.3 Å². The van der Waals surface area contributed by atoms with Crippen molar-refractivity contribution < 1.29 is 22.6 Å². The molecule has 0 bridgehead atoms. The molecule has 0 fully saturated rings. The maximum absolute atomic E-state index is 14.0. The van der Waals surface area contributed by atoms with Crippen LogP contribution in [-0.4, -0.2) is 16.9 Å². The van der Waals surface area contributed by atoms with Crippen molar-refractivity contribution in [1.29, 1.82) is 5.26 Å². The summed E-state index contributed by atoms with van der Waals surface area (Å²) in [6.07, 6.45) is -4.81. The van der Waals surface area contributed by atoms with Crippen LogP contribution in [0.2, 0.25) is 5.02 Å². The van der Waals surface area contributed by atoms with Crippen molar-refractivity contribution in [3.05, 3.63) is 81.8 Å². The molecule has 0 saturated carbocycles. The zero-order valence-corrected chi connectivity index (χ0v) is 16.7. The molecule has 1 aliphatic heterocycles. The molecular weight excluding hydrogens is 433 g/mol. The minimum atomic E-state index is -4.81. The zero-order valence-electron chi connectivity index (χ0n) is 15.9. The fourth-order valence-electron chi connectivity index (χ4n) is 3.46. The van der Waals surface area contributed by atoms with Crippen molar-refractivity contribution in [3.63, 3.8) is 0 Å². The Hall–Kier alpha value is -3.64. The average molecular weight is 447 g/mol. The molecule has 158 valence electrons. The average Bonchev–Trinajstić information content (AvgIpc) is 3.12. The number of rotatable bonds is 3. The third-order valence-electron chi connectivity index (χ3n) is 4.82. The summed E-state index contributed by atoms with van der Waals surface area (Å²) in [5.41, 5.74) is 4.98. The fraction of sp³-hybridized carbons (Fsp3) is 0.143. The van der Waals surface area contributed by atoms with Crippen LogP contribution in [0.5, 0.6) is 11.6 Å². The van der Waals surface area contributed by atoms with Gasteiger partial charge in [0.2, 0.25) is 11.8 Å². The van der Waals surface area contributed by atoms with Gasteiger partial charge in [-0.3, -0.25) is 0 Å². The summed E-state index contributed by atoms with van der Waals surface area (Å²) in [5, 5.41) is 13.7. The number of nitrogens with two attached hydrogens (primary N) is 1. The minimum Gasteiger partial charge on any atom is -0.497 e. The summed E-state index contributed by atoms with van der Waals surface area (Å²) >= 11 is 6.01. The molecule has 0 radical (unpaired) electrons. The quantitative estimate of drug-likeness (QED) is 0.626. The summed E-state index contributed by atoms with van der Waals surface area (Å²) in [4.78, 5) is 0. The van der Waals surface area contributed by atoms with E-state index in [4.69, 9.17) is 26.8 Å². The number of fused-ring (bicyclic) bond motifs is 1. The zero-order chi connectivity index (χ0) is 22.3. The van der Waals surface area contributed by atoms with Crippen molar-refractivity contribution in [2.24, 2.45) is 5.73 Å². The Balaban J connectivity index is 2.02. The van der Waals surface area contributed by atoms with Crippen molar-refractivity contribution in [2.75, 3.05) is 7.11 Å². The van der Waals surface area contributed by atoms with Crippen LogP contribution < -0.4 is 15.2 Å². The van der Waals surface area contributed by atoms with Crippen LogP contribution in [0.3, 0.4) is 0 Å². The standard InChI is InChI=1S/C21H14ClF3N4O2/c1-30-14-7-5-11(6-8-14)16-15(10-26)19(27)31-20-17(16)18(21(23,24)25)28-29(20)13-4-2-3-12(22)9-13/h2-9,16H,27H2,1H3. The van der Waals surface area contributed by atoms with E-state index in [9.17, 15) is 18.4 Å². The highest BCUT2D eigenvalue weighted by Crippen LogP contribution is 2.48. The van der Waals surface area contributed by atoms with E-state index >= 15 is 0 Å². The monoisotopic (exact) mass is 446 g/mol. The molecule has 0 spiro atoms. The maximum Gasteiger partial charge on any atom is 0.435 e. The van der Waals surface area contributed by atoms with Crippen molar-refractivity contribution in [1.82, 2.24) is 9.78 Å². The van der Waals surface area contributed by atoms with Gasteiger partial charge >= 0.3 is 6.18 Å². The summed E-state index contributed by atoms with van der Waals surface area (Å²) in [6.45, 7) is 0. The lowest BCUT2D eigenvalue weighted by Gasteiger charge is -2.25. The van der Waals surface area contributed by atoms with E-state index in [2.05, 4.69) is 5.10 Å². The van der Waals surface area contributed by atoms with Gasteiger partial charge in [-0.25, -0.2) is 0 Å². The number of nitriles is 1. The van der Waals surface area contributed by atoms with Crippen molar-refractivity contribution in [2.45, 2.75) is 12.1 Å². The Morgan fingerprint density at radius 3 is 2.52 bits per heavy atom. The van der Waals surface area contributed by atoms with E-state index in [-0.39, 0.29) is 28.6 Å². The molecule has 6 nitrogen and oxygen atoms in total. The Kier molecular flexibility index (Phi) is 5.03. The number of nitrogens with zero attached hydrogens (tertiary/aromatic N) is 3. The highest BCUT2D eigenvalue weighted by Gasteiger charge is 2.46. The second kappa shape index (κ2) is 7.56. The van der Waals surface area contributed by atoms with E-state index in [1.165, 1.54) is 19.2 Å². The maximum atomic E-state index is 14.0. The van der Waals surface area contributed by atoms with Crippen LogP contribution in [0.15, 0.2) is 60.0 Å². The second-order valence-electron chi connectivity index (χ2n) is 6.65. The molecule has 2 heterocycles. The first-order valence-electron chi connectivity index (χ1n) is 8.92. The van der Waals surface area contributed by atoms with Crippen LogP contribution in [-0.2, 0) is 6.18 Å². The number of methoxy groups -OCH3 is 1. The molecule has 31 heavy (non-hydrogen) atoms. The van der Waals surface area contributed by atoms with Crippen molar-refractivity contribution >= 4 is 11.6 Å². The molecule has 1 atom stereocenters. The van der Waals surface area contributed by atoms with E-state index in [1.54, 1.807) is 36.4 Å². The lowest BCUT2D eigenvalue weighted by Crippen LogP contribution is -2.23. The first-order valence-corrected chi connectivity index (χ1v) is 9.30. The molecule has 2 N–H and O–H groups in total. The Morgan fingerprint density at radius 1 is 1.23 bits per heavy atom. The van der Waals surface area contributed by atoms with Crippen LogP contribution in [0.4, 0.5) is 13.2 Å². The number of aromatic nitrogens is 2. The Labute approximate surface area is 179 Å². The summed E-state index contributed by atoms with van der Waals surface area (Å²) < 4.78 is 53.6. The SMILES string of the molecule is COc1ccc(C2C(C#N)=C(N)Oc3c2c(C(F)(F)F)nn3-c2cccc(Cl)c2)cc1. The number of hydrogen-bond donors (Lipinski definition) is 1. The number of alkyl halides is 3. The molecule has 0 amide bonds. The highest BCUT2D eigenvalue weighted by molar-refractivity contribution is 6.30. The second-order valence-corrected chi connectivity index (χ2v) is 7.09. The molecule has 10 heteroatoms. The molecule has 2 aromatic carbocycles. The van der Waals surface area contributed by atoms with Gasteiger partial charge in [0.25, 0.3) is 0 Å². The van der Waals surface area contributed by atoms with Gasteiger partial charge in [0.05, 0.1) is 24.3 Å². The van der Waals surface area contributed by atoms with Crippen LogP contribution >= 0.6 is 11.6 Å². The van der Waals surface area contributed by atoms with Gasteiger partial charge in [-0.1, -0.05) is 29.8 Å². The normalized spacial score (nSPS) is 15.8. The first kappa shape index (κ1) is 20.6. The number of benzene rings is 2. The van der Waals surface area contributed by atoms with Gasteiger partial charge in [-0.15, -0.1) is 0 Å². The molecule has 0 aliphatic carbocycles. The number of ether oxygens (including phenoxy) is 2. The smallest absolute Gasteiger partial charge is 0.435 e. The number of hydrogen-bond acceptors (Lipinski definition) is 5. The van der Waals surface area contributed by atoms with Crippen molar-refractivity contribution in [3.8, 4) is 23.4 Å². The molecule has 0 saturated heterocycles. The predicted molar refractivity (Wildman–Crippen MR) is 106 cm³/mol. The lowest BCUT2D eigenvalue weighted by atomic mass is 9.84. The third kappa shape index (κ3) is 3.55. The van der Waals surface area contributed by atoms with Crippen LogP contribution in [0.1, 0.15) is 22.7 Å². The van der Waals surface area contributed by atoms with Crippen LogP contribution in [0, 0.1) is 11.3 Å².